The molecule has 0 spiro atoms. The van der Waals surface area contributed by atoms with Crippen LogP contribution in [0.3, 0.4) is 0 Å². The Balaban J connectivity index is 2.16. The van der Waals surface area contributed by atoms with E-state index in [1.807, 2.05) is 0 Å². The number of ether oxygens (including phenoxy) is 1. The topological polar surface area (TPSA) is 87.8 Å². The fourth-order valence-corrected chi connectivity index (χ4v) is 2.65. The smallest absolute Gasteiger partial charge is 0.310 e. The van der Waals surface area contributed by atoms with E-state index in [1.165, 1.54) is 13.3 Å². The number of aromatic amines is 2. The van der Waals surface area contributed by atoms with Crippen LogP contribution in [-0.2, 0) is 16.0 Å². The zero-order valence-corrected chi connectivity index (χ0v) is 13.3. The normalized spacial score (nSPS) is 10.9. The van der Waals surface area contributed by atoms with Crippen molar-refractivity contribution in [3.8, 4) is 0 Å². The Morgan fingerprint density at radius 1 is 1.35 bits per heavy atom. The highest BCUT2D eigenvalue weighted by Crippen LogP contribution is 2.27. The molecule has 0 amide bonds. The summed E-state index contributed by atoms with van der Waals surface area (Å²) in [6, 6.07) is 5.21. The van der Waals surface area contributed by atoms with Gasteiger partial charge < -0.3 is 14.7 Å². The van der Waals surface area contributed by atoms with Crippen LogP contribution >= 0.6 is 11.6 Å². The number of benzene rings is 1. The van der Waals surface area contributed by atoms with E-state index in [9.17, 15) is 9.59 Å². The highest BCUT2D eigenvalue weighted by Gasteiger charge is 2.23. The van der Waals surface area contributed by atoms with Crippen LogP contribution in [0.15, 0.2) is 24.4 Å². The fourth-order valence-electron chi connectivity index (χ4n) is 2.48. The van der Waals surface area contributed by atoms with Crippen molar-refractivity contribution < 1.29 is 14.3 Å². The molecule has 0 unspecified atom stereocenters. The van der Waals surface area contributed by atoms with E-state index in [0.717, 1.165) is 10.9 Å². The highest BCUT2D eigenvalue weighted by atomic mass is 35.5. The molecule has 23 heavy (non-hydrogen) atoms. The molecule has 0 saturated heterocycles. The molecule has 0 atom stereocenters. The Hall–Kier alpha value is -2.60. The van der Waals surface area contributed by atoms with Gasteiger partial charge in [-0.15, -0.1) is 0 Å². The van der Waals surface area contributed by atoms with Crippen molar-refractivity contribution >= 4 is 34.3 Å². The molecule has 0 aliphatic carbocycles. The fraction of sp³-hybridized carbons (Fsp3) is 0.188. The van der Waals surface area contributed by atoms with Gasteiger partial charge in [-0.1, -0.05) is 11.6 Å². The molecule has 0 radical (unpaired) electrons. The van der Waals surface area contributed by atoms with Crippen molar-refractivity contribution in [2.75, 3.05) is 7.11 Å². The number of hydrogen-bond donors (Lipinski definition) is 2. The summed E-state index contributed by atoms with van der Waals surface area (Å²) in [6.45, 7) is 1.76. The molecule has 0 fully saturated rings. The molecule has 0 aliphatic rings. The van der Waals surface area contributed by atoms with Crippen molar-refractivity contribution in [3.63, 3.8) is 0 Å². The maximum atomic E-state index is 12.7. The van der Waals surface area contributed by atoms with E-state index in [2.05, 4.69) is 15.0 Å². The summed E-state index contributed by atoms with van der Waals surface area (Å²) in [5.41, 5.74) is 1.88. The third-order valence-corrected chi connectivity index (χ3v) is 3.82. The summed E-state index contributed by atoms with van der Waals surface area (Å²) in [4.78, 5) is 34.5. The lowest BCUT2D eigenvalue weighted by Crippen LogP contribution is -2.10. The van der Waals surface area contributed by atoms with Crippen LogP contribution < -0.4 is 0 Å². The first kappa shape index (κ1) is 15.3. The van der Waals surface area contributed by atoms with E-state index in [4.69, 9.17) is 16.3 Å². The Morgan fingerprint density at radius 2 is 2.13 bits per heavy atom. The van der Waals surface area contributed by atoms with Crippen LogP contribution in [0.1, 0.15) is 27.6 Å². The number of nitrogens with one attached hydrogen (secondary N) is 2. The lowest BCUT2D eigenvalue weighted by Gasteiger charge is -2.02. The van der Waals surface area contributed by atoms with E-state index in [-0.39, 0.29) is 17.9 Å². The first-order valence-corrected chi connectivity index (χ1v) is 7.31. The number of carbonyl (C=O) groups is 2. The Bertz CT molecular complexity index is 911. The lowest BCUT2D eigenvalue weighted by molar-refractivity contribution is -0.139. The van der Waals surface area contributed by atoms with Gasteiger partial charge in [-0.05, 0) is 25.1 Å². The molecule has 118 valence electrons. The van der Waals surface area contributed by atoms with Gasteiger partial charge >= 0.3 is 5.97 Å². The predicted octanol–water partition coefficient (Wildman–Crippen LogP) is 2.80. The van der Waals surface area contributed by atoms with Crippen molar-refractivity contribution in [1.29, 1.82) is 0 Å². The number of nitrogens with zero attached hydrogens (tertiary/aromatic N) is 1. The maximum Gasteiger partial charge on any atom is 0.310 e. The monoisotopic (exact) mass is 331 g/mol. The summed E-state index contributed by atoms with van der Waals surface area (Å²) in [5.74, 6) is -0.0827. The minimum atomic E-state index is -0.432. The van der Waals surface area contributed by atoms with E-state index in [0.29, 0.717) is 22.1 Å². The van der Waals surface area contributed by atoms with Gasteiger partial charge in [0, 0.05) is 27.7 Å². The minimum Gasteiger partial charge on any atom is -0.469 e. The summed E-state index contributed by atoms with van der Waals surface area (Å²) < 4.78 is 4.73. The van der Waals surface area contributed by atoms with Crippen LogP contribution in [0, 0.1) is 6.92 Å². The number of rotatable bonds is 4. The summed E-state index contributed by atoms with van der Waals surface area (Å²) in [6.07, 6.45) is 1.51. The molecule has 0 aliphatic heterocycles. The quantitative estimate of drug-likeness (QED) is 0.568. The first-order valence-electron chi connectivity index (χ1n) is 6.93. The molecular formula is C16H14ClN3O3. The number of halogens is 1. The van der Waals surface area contributed by atoms with Gasteiger partial charge in [-0.3, -0.25) is 9.59 Å². The summed E-state index contributed by atoms with van der Waals surface area (Å²) >= 11 is 6.04. The second kappa shape index (κ2) is 5.89. The summed E-state index contributed by atoms with van der Waals surface area (Å²) in [7, 11) is 1.31. The number of carbonyl (C=O) groups excluding carboxylic acids is 2. The SMILES string of the molecule is COC(=O)Cc1c(C(=O)c2c[nH]c(C)n2)[nH]c2ccc(Cl)cc12. The zero-order valence-electron chi connectivity index (χ0n) is 12.6. The maximum absolute atomic E-state index is 12.7. The van der Waals surface area contributed by atoms with Crippen LogP contribution in [-0.4, -0.2) is 33.8 Å². The minimum absolute atomic E-state index is 0.0265. The van der Waals surface area contributed by atoms with Crippen molar-refractivity contribution in [3.05, 3.63) is 52.2 Å². The molecular weight excluding hydrogens is 318 g/mol. The number of imidazole rings is 1. The van der Waals surface area contributed by atoms with Crippen molar-refractivity contribution in [2.45, 2.75) is 13.3 Å². The zero-order chi connectivity index (χ0) is 16.6. The molecule has 3 rings (SSSR count). The molecule has 0 bridgehead atoms. The molecule has 6 nitrogen and oxygen atoms in total. The van der Waals surface area contributed by atoms with Crippen molar-refractivity contribution in [2.24, 2.45) is 0 Å². The molecule has 1 aromatic carbocycles. The van der Waals surface area contributed by atoms with Gasteiger partial charge in [-0.2, -0.15) is 0 Å². The number of ketones is 1. The molecule has 2 N–H and O–H groups in total. The van der Waals surface area contributed by atoms with Crippen molar-refractivity contribution in [1.82, 2.24) is 15.0 Å². The molecule has 7 heteroatoms. The molecule has 3 aromatic rings. The standard InChI is InChI=1S/C16H14ClN3O3/c1-8-18-7-13(19-8)16(22)15-11(6-14(21)23-2)10-5-9(17)3-4-12(10)20-15/h3-5,7,20H,6H2,1-2H3,(H,18,19). The number of esters is 1. The van der Waals surface area contributed by atoms with Crippen LogP contribution in [0.2, 0.25) is 5.02 Å². The number of fused-ring (bicyclic) bond motifs is 1. The average molecular weight is 332 g/mol. The van der Waals surface area contributed by atoms with E-state index in [1.54, 1.807) is 25.1 Å². The third kappa shape index (κ3) is 2.85. The van der Waals surface area contributed by atoms with Gasteiger partial charge in [0.1, 0.15) is 11.5 Å². The average Bonchev–Trinajstić information content (AvgIpc) is 3.11. The second-order valence-electron chi connectivity index (χ2n) is 5.12. The predicted molar refractivity (Wildman–Crippen MR) is 85.8 cm³/mol. The van der Waals surface area contributed by atoms with Crippen LogP contribution in [0.4, 0.5) is 0 Å². The van der Waals surface area contributed by atoms with Gasteiger partial charge in [0.15, 0.2) is 0 Å². The van der Waals surface area contributed by atoms with Gasteiger partial charge in [0.2, 0.25) is 5.78 Å². The van der Waals surface area contributed by atoms with Gasteiger partial charge in [-0.25, -0.2) is 4.98 Å². The number of methoxy groups -OCH3 is 1. The number of H-pyrrole nitrogens is 2. The summed E-state index contributed by atoms with van der Waals surface area (Å²) in [5, 5.41) is 1.25. The number of aromatic nitrogens is 3. The van der Waals surface area contributed by atoms with E-state index >= 15 is 0 Å². The lowest BCUT2D eigenvalue weighted by atomic mass is 10.0. The second-order valence-corrected chi connectivity index (χ2v) is 5.56. The van der Waals surface area contributed by atoms with Gasteiger partial charge in [0.05, 0.1) is 19.2 Å². The molecule has 0 saturated carbocycles. The highest BCUT2D eigenvalue weighted by molar-refractivity contribution is 6.31. The Morgan fingerprint density at radius 3 is 2.78 bits per heavy atom. The number of aryl methyl sites for hydroxylation is 1. The van der Waals surface area contributed by atoms with Gasteiger partial charge in [0.25, 0.3) is 0 Å². The third-order valence-electron chi connectivity index (χ3n) is 3.58. The first-order chi connectivity index (χ1) is 11.0. The Labute approximate surface area is 136 Å². The Kier molecular flexibility index (Phi) is 3.92. The van der Waals surface area contributed by atoms with E-state index < -0.39 is 5.97 Å². The molecule has 2 heterocycles. The number of hydrogen-bond acceptors (Lipinski definition) is 4. The van der Waals surface area contributed by atoms with Crippen LogP contribution in [0.5, 0.6) is 0 Å². The largest absolute Gasteiger partial charge is 0.469 e. The van der Waals surface area contributed by atoms with Crippen LogP contribution in [0.25, 0.3) is 10.9 Å². The molecule has 2 aromatic heterocycles.